The fraction of sp³-hybridized carbons (Fsp3) is 0.462. The summed E-state index contributed by atoms with van der Waals surface area (Å²) in [4.78, 5) is 12.4. The Hall–Kier alpha value is 0.680. The normalized spacial score (nSPS) is 37.4. The highest BCUT2D eigenvalue weighted by molar-refractivity contribution is 14.1. The molecule has 0 radical (unpaired) electrons. The van der Waals surface area contributed by atoms with Gasteiger partial charge in [-0.3, -0.25) is 0 Å². The van der Waals surface area contributed by atoms with Crippen LogP contribution in [0.15, 0.2) is 30.3 Å². The van der Waals surface area contributed by atoms with Crippen LogP contribution in [-0.2, 0) is 9.47 Å². The van der Waals surface area contributed by atoms with Crippen molar-refractivity contribution >= 4 is 74.0 Å². The van der Waals surface area contributed by atoms with Crippen LogP contribution in [0.5, 0.6) is 0 Å². The zero-order chi connectivity index (χ0) is 17.3. The third kappa shape index (κ3) is 3.78. The average Bonchev–Trinajstić information content (AvgIpc) is 2.57. The summed E-state index contributed by atoms with van der Waals surface area (Å²) in [6.07, 6.45) is -3.76. The number of ether oxygens (including phenoxy) is 2. The minimum Gasteiger partial charge on any atom is -0.417 e. The third-order valence-corrected chi connectivity index (χ3v) is 9.26. The Morgan fingerprint density at radius 3 is 2.43 bits per heavy atom. The largest absolute Gasteiger partial charge is 0.417 e. The van der Waals surface area contributed by atoms with E-state index in [4.69, 9.17) is 9.47 Å². The molecule has 1 unspecified atom stereocenters. The van der Waals surface area contributed by atoms with E-state index in [2.05, 4.69) is 3.53 Å². The first-order chi connectivity index (χ1) is 10.8. The maximum atomic E-state index is 12.4. The molecule has 0 aliphatic carbocycles. The number of hydrogen-bond acceptors (Lipinski definition) is 7. The number of rotatable bonds is 4. The van der Waals surface area contributed by atoms with E-state index < -0.39 is 38.2 Å². The molecule has 1 fully saturated rings. The molecule has 128 valence electrons. The molecule has 0 amide bonds. The molecular formula is C13H14I3NO6. The molecule has 1 heterocycles. The molecule has 0 spiro atoms. The lowest BCUT2D eigenvalue weighted by Crippen LogP contribution is -2.72. The molecule has 4 N–H and O–H groups in total. The van der Waals surface area contributed by atoms with Gasteiger partial charge in [-0.15, -0.1) is 0 Å². The van der Waals surface area contributed by atoms with Gasteiger partial charge in [0.1, 0.15) is 18.3 Å². The van der Waals surface area contributed by atoms with Gasteiger partial charge in [-0.1, -0.05) is 18.2 Å². The van der Waals surface area contributed by atoms with E-state index >= 15 is 0 Å². The first-order valence-electron chi connectivity index (χ1n) is 6.48. The first kappa shape index (κ1) is 20.0. The van der Waals surface area contributed by atoms with Crippen LogP contribution in [0.25, 0.3) is 0 Å². The Bertz CT molecular complexity index is 564. The fourth-order valence-electron chi connectivity index (χ4n) is 2.07. The van der Waals surface area contributed by atoms with E-state index in [-0.39, 0.29) is 0 Å². The number of nitrogens with one attached hydrogen (secondary N) is 1. The van der Waals surface area contributed by atoms with Crippen LogP contribution in [0, 0.1) is 0 Å². The topological polar surface area (TPSA) is 108 Å². The molecule has 7 nitrogen and oxygen atoms in total. The van der Waals surface area contributed by atoms with Gasteiger partial charge in [-0.2, -0.15) is 0 Å². The van der Waals surface area contributed by atoms with Gasteiger partial charge in [0, 0.05) is 45.5 Å². The minimum atomic E-state index is -1.65. The summed E-state index contributed by atoms with van der Waals surface area (Å²) < 4.78 is 10.9. The number of esters is 1. The fourth-order valence-corrected chi connectivity index (χ4v) is 4.85. The molecular weight excluding hydrogens is 647 g/mol. The highest BCUT2D eigenvalue weighted by atomic mass is 127. The number of hydrogen-bond donors (Lipinski definition) is 4. The second-order valence-electron chi connectivity index (χ2n) is 4.87. The van der Waals surface area contributed by atoms with Gasteiger partial charge in [-0.25, -0.2) is 8.32 Å². The van der Waals surface area contributed by atoms with Crippen molar-refractivity contribution in [3.05, 3.63) is 35.9 Å². The van der Waals surface area contributed by atoms with Crippen LogP contribution in [0.2, 0.25) is 0 Å². The summed E-state index contributed by atoms with van der Waals surface area (Å²) in [5.41, 5.74) is 0.320. The van der Waals surface area contributed by atoms with Crippen LogP contribution in [0.3, 0.4) is 0 Å². The van der Waals surface area contributed by atoms with Gasteiger partial charge in [0.2, 0.25) is 0 Å². The zero-order valence-corrected chi connectivity index (χ0v) is 18.0. The molecule has 0 saturated carbocycles. The predicted octanol–water partition coefficient (Wildman–Crippen LogP) is 1.12. The van der Waals surface area contributed by atoms with Crippen LogP contribution in [-0.4, -0.2) is 53.5 Å². The van der Waals surface area contributed by atoms with Crippen molar-refractivity contribution < 1.29 is 29.6 Å². The Balaban J connectivity index is 2.33. The van der Waals surface area contributed by atoms with Crippen LogP contribution in [0.1, 0.15) is 10.4 Å². The summed E-state index contributed by atoms with van der Waals surface area (Å²) in [6, 6.07) is 8.34. The molecule has 0 aromatic heterocycles. The van der Waals surface area contributed by atoms with E-state index in [9.17, 15) is 20.1 Å². The molecule has 5 atom stereocenters. The Labute approximate surface area is 173 Å². The Kier molecular flexibility index (Phi) is 6.89. The first-order valence-corrected chi connectivity index (χ1v) is 9.71. The number of halogens is 3. The van der Waals surface area contributed by atoms with E-state index in [1.165, 1.54) is 0 Å². The summed E-state index contributed by atoms with van der Waals surface area (Å²) in [7, 11) is 0. The molecule has 23 heavy (non-hydrogen) atoms. The maximum absolute atomic E-state index is 12.4. The van der Waals surface area contributed by atoms with Gasteiger partial charge in [-0.05, 0) is 34.7 Å². The molecule has 0 bridgehead atoms. The summed E-state index contributed by atoms with van der Waals surface area (Å²) in [6.45, 7) is -0.528. The van der Waals surface area contributed by atoms with Gasteiger partial charge >= 0.3 is 5.97 Å². The number of aliphatic hydroxyl groups is 3. The molecule has 1 saturated heterocycles. The van der Waals surface area contributed by atoms with Crippen molar-refractivity contribution in [3.63, 3.8) is 0 Å². The van der Waals surface area contributed by atoms with Gasteiger partial charge < -0.3 is 24.8 Å². The van der Waals surface area contributed by atoms with E-state index in [0.29, 0.717) is 5.56 Å². The zero-order valence-electron chi connectivity index (χ0n) is 11.5. The lowest BCUT2D eigenvalue weighted by molar-refractivity contribution is -0.263. The highest BCUT2D eigenvalue weighted by Gasteiger charge is 2.65. The van der Waals surface area contributed by atoms with Gasteiger partial charge in [0.15, 0.2) is 3.55 Å². The van der Waals surface area contributed by atoms with Crippen LogP contribution < -0.4 is 3.53 Å². The predicted molar refractivity (Wildman–Crippen MR) is 106 cm³/mol. The van der Waals surface area contributed by atoms with Crippen LogP contribution >= 0.6 is 68.0 Å². The Morgan fingerprint density at radius 2 is 1.91 bits per heavy atom. The number of carbonyl (C=O) groups is 1. The van der Waals surface area contributed by atoms with E-state index in [1.54, 1.807) is 75.8 Å². The van der Waals surface area contributed by atoms with Crippen LogP contribution in [0.4, 0.5) is 0 Å². The standard InChI is InChI=1S/C13H14I3NO6/c14-12(17-16)10(20)9(19)8(6-18)22-13(12,15)23-11(21)7-4-2-1-3-5-7/h1-5,8-10,17-20H,6H2/t8-,9-,10+,12-,13?/m1/s1. The second kappa shape index (κ2) is 7.92. The van der Waals surface area contributed by atoms with E-state index in [1.807, 2.05) is 22.6 Å². The lowest BCUT2D eigenvalue weighted by Gasteiger charge is -2.51. The minimum absolute atomic E-state index is 0.320. The van der Waals surface area contributed by atoms with Gasteiger partial charge in [0.05, 0.1) is 12.2 Å². The summed E-state index contributed by atoms with van der Waals surface area (Å²) >= 11 is 5.37. The number of carbonyl (C=O) groups excluding carboxylic acids is 1. The number of benzene rings is 1. The van der Waals surface area contributed by atoms with Crippen molar-refractivity contribution in [1.82, 2.24) is 3.53 Å². The molecule has 1 aromatic carbocycles. The lowest BCUT2D eigenvalue weighted by atomic mass is 9.97. The van der Waals surface area contributed by atoms with Crippen molar-refractivity contribution in [1.29, 1.82) is 0 Å². The molecule has 2 rings (SSSR count). The summed E-state index contributed by atoms with van der Waals surface area (Å²) in [5.74, 6) is -0.645. The van der Waals surface area contributed by atoms with E-state index in [0.717, 1.165) is 0 Å². The van der Waals surface area contributed by atoms with Crippen molar-refractivity contribution in [2.45, 2.75) is 25.7 Å². The monoisotopic (exact) mass is 661 g/mol. The third-order valence-electron chi connectivity index (χ3n) is 3.40. The smallest absolute Gasteiger partial charge is 0.341 e. The molecule has 1 aliphatic rings. The van der Waals surface area contributed by atoms with Crippen molar-refractivity contribution in [2.75, 3.05) is 6.61 Å². The molecule has 1 aromatic rings. The number of aliphatic hydroxyl groups excluding tert-OH is 3. The number of alkyl halides is 2. The Morgan fingerprint density at radius 1 is 1.30 bits per heavy atom. The maximum Gasteiger partial charge on any atom is 0.341 e. The molecule has 1 aliphatic heterocycles. The van der Waals surface area contributed by atoms with Crippen molar-refractivity contribution in [2.24, 2.45) is 0 Å². The second-order valence-corrected chi connectivity index (χ2v) is 8.53. The quantitative estimate of drug-likeness (QED) is 0.126. The van der Waals surface area contributed by atoms with Gasteiger partial charge in [0.25, 0.3) is 3.79 Å². The highest BCUT2D eigenvalue weighted by Crippen LogP contribution is 2.48. The van der Waals surface area contributed by atoms with Crippen molar-refractivity contribution in [3.8, 4) is 0 Å². The SMILES string of the molecule is O=C(OC1(I)O[C@H](CO)[C@@H](O)[C@H](O)[C@@]1(I)NI)c1ccccc1. The molecule has 10 heteroatoms. The summed E-state index contributed by atoms with van der Waals surface area (Å²) in [5, 5.41) is 29.8. The average molecular weight is 661 g/mol.